The van der Waals surface area contributed by atoms with Gasteiger partial charge in [-0.25, -0.2) is 9.79 Å². The maximum Gasteiger partial charge on any atom is 0.354 e. The highest BCUT2D eigenvalue weighted by Gasteiger charge is 2.32. The van der Waals surface area contributed by atoms with Crippen LogP contribution in [0.5, 0.6) is 0 Å². The van der Waals surface area contributed by atoms with E-state index in [1.165, 1.54) is 0 Å². The summed E-state index contributed by atoms with van der Waals surface area (Å²) in [6.07, 6.45) is -0.831. The standard InChI is InChI=1S/C9H15NO3/c1-4-6(11)8-10-7(5(2)3)9(12)13-8/h5-6,8,11H,4H2,1-3H3. The molecule has 1 aliphatic rings. The molecular formula is C9H15NO3. The van der Waals surface area contributed by atoms with Crippen molar-refractivity contribution < 1.29 is 14.6 Å². The van der Waals surface area contributed by atoms with E-state index in [1.807, 2.05) is 20.8 Å². The number of ether oxygens (including phenoxy) is 1. The van der Waals surface area contributed by atoms with E-state index >= 15 is 0 Å². The van der Waals surface area contributed by atoms with Crippen molar-refractivity contribution in [2.45, 2.75) is 39.5 Å². The normalized spacial score (nSPS) is 24.5. The van der Waals surface area contributed by atoms with Gasteiger partial charge < -0.3 is 9.84 Å². The van der Waals surface area contributed by atoms with Crippen LogP contribution in [0.25, 0.3) is 0 Å². The summed E-state index contributed by atoms with van der Waals surface area (Å²) in [7, 11) is 0. The molecule has 0 bridgehead atoms. The molecule has 0 radical (unpaired) electrons. The van der Waals surface area contributed by atoms with Crippen LogP contribution in [-0.4, -0.2) is 29.1 Å². The van der Waals surface area contributed by atoms with Crippen LogP contribution in [0.2, 0.25) is 0 Å². The van der Waals surface area contributed by atoms with Crippen LogP contribution in [0.4, 0.5) is 0 Å². The number of hydrogen-bond donors (Lipinski definition) is 1. The van der Waals surface area contributed by atoms with Crippen molar-refractivity contribution in [2.75, 3.05) is 0 Å². The molecule has 1 rings (SSSR count). The fraction of sp³-hybridized carbons (Fsp3) is 0.778. The van der Waals surface area contributed by atoms with Gasteiger partial charge in [0, 0.05) is 5.92 Å². The minimum absolute atomic E-state index is 0.0570. The van der Waals surface area contributed by atoms with Crippen molar-refractivity contribution in [1.82, 2.24) is 0 Å². The summed E-state index contributed by atoms with van der Waals surface area (Å²) in [5.74, 6) is -0.339. The Morgan fingerprint density at radius 1 is 1.62 bits per heavy atom. The molecule has 2 unspecified atom stereocenters. The summed E-state index contributed by atoms with van der Waals surface area (Å²) in [6.45, 7) is 5.57. The van der Waals surface area contributed by atoms with Gasteiger partial charge in [-0.2, -0.15) is 0 Å². The first kappa shape index (κ1) is 10.2. The highest BCUT2D eigenvalue weighted by molar-refractivity contribution is 6.38. The molecule has 1 N–H and O–H groups in total. The van der Waals surface area contributed by atoms with Gasteiger partial charge in [-0.1, -0.05) is 20.8 Å². The molecular weight excluding hydrogens is 170 g/mol. The number of aliphatic hydroxyl groups excluding tert-OH is 1. The maximum absolute atomic E-state index is 11.2. The first-order valence-corrected chi connectivity index (χ1v) is 4.53. The van der Waals surface area contributed by atoms with Gasteiger partial charge in [-0.3, -0.25) is 0 Å². The molecule has 0 aromatic heterocycles. The SMILES string of the molecule is CCC(O)C1N=C(C(C)C)C(=O)O1. The van der Waals surface area contributed by atoms with Crippen LogP contribution in [0, 0.1) is 5.92 Å². The van der Waals surface area contributed by atoms with E-state index in [1.54, 1.807) is 0 Å². The maximum atomic E-state index is 11.2. The zero-order chi connectivity index (χ0) is 10.0. The number of carbonyl (C=O) groups is 1. The molecule has 1 aliphatic heterocycles. The van der Waals surface area contributed by atoms with Crippen LogP contribution in [0.1, 0.15) is 27.2 Å². The molecule has 4 nitrogen and oxygen atoms in total. The smallest absolute Gasteiger partial charge is 0.354 e. The number of esters is 1. The highest BCUT2D eigenvalue weighted by Crippen LogP contribution is 2.16. The second-order valence-corrected chi connectivity index (χ2v) is 3.44. The third kappa shape index (κ3) is 2.06. The average molecular weight is 185 g/mol. The number of aliphatic imine (C=N–C) groups is 1. The molecule has 0 aromatic carbocycles. The molecule has 0 amide bonds. The molecule has 0 saturated heterocycles. The van der Waals surface area contributed by atoms with E-state index in [0.29, 0.717) is 12.1 Å². The number of aliphatic hydroxyl groups is 1. The lowest BCUT2D eigenvalue weighted by atomic mass is 10.1. The Morgan fingerprint density at radius 2 is 2.23 bits per heavy atom. The number of rotatable bonds is 3. The minimum Gasteiger partial charge on any atom is -0.432 e. The average Bonchev–Trinajstić information content (AvgIpc) is 2.46. The molecule has 74 valence electrons. The Balaban J connectivity index is 2.71. The van der Waals surface area contributed by atoms with E-state index in [0.717, 1.165) is 0 Å². The van der Waals surface area contributed by atoms with Crippen LogP contribution < -0.4 is 0 Å². The Hall–Kier alpha value is -0.900. The monoisotopic (exact) mass is 185 g/mol. The molecule has 0 spiro atoms. The van der Waals surface area contributed by atoms with E-state index in [4.69, 9.17) is 4.74 Å². The molecule has 0 aliphatic carbocycles. The summed E-state index contributed by atoms with van der Waals surface area (Å²) in [6, 6.07) is 0. The minimum atomic E-state index is -0.685. The van der Waals surface area contributed by atoms with Crippen molar-refractivity contribution >= 4 is 11.7 Å². The van der Waals surface area contributed by atoms with Gasteiger partial charge >= 0.3 is 5.97 Å². The van der Waals surface area contributed by atoms with Gasteiger partial charge in [0.25, 0.3) is 0 Å². The summed E-state index contributed by atoms with van der Waals surface area (Å²) in [4.78, 5) is 15.2. The molecule has 2 atom stereocenters. The van der Waals surface area contributed by atoms with Gasteiger partial charge in [0.05, 0.1) is 0 Å². The van der Waals surface area contributed by atoms with Crippen molar-refractivity contribution in [3.63, 3.8) is 0 Å². The Kier molecular flexibility index (Phi) is 3.03. The summed E-state index contributed by atoms with van der Waals surface area (Å²) in [5.41, 5.74) is 0.428. The number of carbonyl (C=O) groups excluding carboxylic acids is 1. The van der Waals surface area contributed by atoms with E-state index in [-0.39, 0.29) is 5.92 Å². The Morgan fingerprint density at radius 3 is 2.62 bits per heavy atom. The first-order valence-electron chi connectivity index (χ1n) is 4.53. The van der Waals surface area contributed by atoms with Crippen molar-refractivity contribution in [3.05, 3.63) is 0 Å². The zero-order valence-electron chi connectivity index (χ0n) is 8.15. The number of cyclic esters (lactones) is 1. The predicted molar refractivity (Wildman–Crippen MR) is 48.5 cm³/mol. The summed E-state index contributed by atoms with van der Waals surface area (Å²) >= 11 is 0. The lowest BCUT2D eigenvalue weighted by molar-refractivity contribution is -0.142. The third-order valence-corrected chi connectivity index (χ3v) is 2.00. The molecule has 0 saturated carbocycles. The van der Waals surface area contributed by atoms with Crippen LogP contribution >= 0.6 is 0 Å². The topological polar surface area (TPSA) is 58.9 Å². The van der Waals surface area contributed by atoms with E-state index in [2.05, 4.69) is 4.99 Å². The molecule has 0 fully saturated rings. The predicted octanol–water partition coefficient (Wildman–Crippen LogP) is 0.737. The van der Waals surface area contributed by atoms with Gasteiger partial charge in [-0.15, -0.1) is 0 Å². The van der Waals surface area contributed by atoms with Crippen molar-refractivity contribution in [1.29, 1.82) is 0 Å². The quantitative estimate of drug-likeness (QED) is 0.659. The molecule has 4 heteroatoms. The third-order valence-electron chi connectivity index (χ3n) is 2.00. The first-order chi connectivity index (χ1) is 6.06. The van der Waals surface area contributed by atoms with E-state index in [9.17, 15) is 9.90 Å². The van der Waals surface area contributed by atoms with E-state index < -0.39 is 18.3 Å². The lowest BCUT2D eigenvalue weighted by Gasteiger charge is -2.11. The van der Waals surface area contributed by atoms with Crippen LogP contribution in [0.15, 0.2) is 4.99 Å². The van der Waals surface area contributed by atoms with Gasteiger partial charge in [0.2, 0.25) is 6.23 Å². The van der Waals surface area contributed by atoms with Crippen LogP contribution in [0.3, 0.4) is 0 Å². The molecule has 1 heterocycles. The van der Waals surface area contributed by atoms with Crippen molar-refractivity contribution in [3.8, 4) is 0 Å². The molecule has 0 aromatic rings. The lowest BCUT2D eigenvalue weighted by Crippen LogP contribution is -2.24. The fourth-order valence-corrected chi connectivity index (χ4v) is 1.14. The molecule has 13 heavy (non-hydrogen) atoms. The number of hydrogen-bond acceptors (Lipinski definition) is 4. The summed E-state index contributed by atoms with van der Waals surface area (Å²) in [5, 5.41) is 9.39. The van der Waals surface area contributed by atoms with Crippen molar-refractivity contribution in [2.24, 2.45) is 10.9 Å². The summed E-state index contributed by atoms with van der Waals surface area (Å²) < 4.78 is 4.90. The van der Waals surface area contributed by atoms with Crippen LogP contribution in [-0.2, 0) is 9.53 Å². The Bertz CT molecular complexity index is 235. The second-order valence-electron chi connectivity index (χ2n) is 3.44. The van der Waals surface area contributed by atoms with Gasteiger partial charge in [-0.05, 0) is 6.42 Å². The Labute approximate surface area is 77.6 Å². The van der Waals surface area contributed by atoms with Gasteiger partial charge in [0.1, 0.15) is 11.8 Å². The fourth-order valence-electron chi connectivity index (χ4n) is 1.14. The largest absolute Gasteiger partial charge is 0.432 e. The highest BCUT2D eigenvalue weighted by atomic mass is 16.6. The zero-order valence-corrected chi connectivity index (χ0v) is 8.15. The second kappa shape index (κ2) is 3.87. The van der Waals surface area contributed by atoms with Gasteiger partial charge in [0.15, 0.2) is 0 Å². The number of nitrogens with zero attached hydrogens (tertiary/aromatic N) is 1.